The Labute approximate surface area is 229 Å². The number of nitriles is 1. The number of pyridine rings is 1. The number of nitrogens with one attached hydrogen (secondary N) is 1. The van der Waals surface area contributed by atoms with Crippen LogP contribution in [0.3, 0.4) is 0 Å². The van der Waals surface area contributed by atoms with Gasteiger partial charge in [-0.05, 0) is 62.8 Å². The van der Waals surface area contributed by atoms with Crippen molar-refractivity contribution in [1.29, 1.82) is 5.26 Å². The van der Waals surface area contributed by atoms with Gasteiger partial charge in [0.2, 0.25) is 0 Å². The molecule has 2 heterocycles. The Balaban J connectivity index is 1.32. The van der Waals surface area contributed by atoms with E-state index in [1.165, 1.54) is 17.2 Å². The number of hydrogen-bond acceptors (Lipinski definition) is 5. The van der Waals surface area contributed by atoms with Gasteiger partial charge in [0.25, 0.3) is 11.8 Å². The van der Waals surface area contributed by atoms with Crippen molar-refractivity contribution in [2.24, 2.45) is 5.92 Å². The second kappa shape index (κ2) is 10.4. The molecule has 2 aliphatic rings. The molecule has 7 nitrogen and oxygen atoms in total. The fourth-order valence-electron chi connectivity index (χ4n) is 5.54. The minimum Gasteiger partial charge on any atom is -0.372 e. The highest BCUT2D eigenvalue weighted by molar-refractivity contribution is 6.30. The first-order valence-corrected chi connectivity index (χ1v) is 13.0. The molecule has 1 aromatic heterocycles. The van der Waals surface area contributed by atoms with E-state index in [0.717, 1.165) is 12.1 Å². The summed E-state index contributed by atoms with van der Waals surface area (Å²) in [4.78, 5) is 32.0. The third-order valence-corrected chi connectivity index (χ3v) is 7.81. The van der Waals surface area contributed by atoms with Gasteiger partial charge in [0.05, 0.1) is 33.6 Å². The lowest BCUT2D eigenvalue weighted by Crippen LogP contribution is -2.45. The highest BCUT2D eigenvalue weighted by atomic mass is 35.5. The first kappa shape index (κ1) is 26.7. The Bertz CT molecular complexity index is 1520. The Morgan fingerprint density at radius 3 is 2.64 bits per heavy atom. The van der Waals surface area contributed by atoms with E-state index in [1.54, 1.807) is 37.3 Å². The predicted octanol–water partition coefficient (Wildman–Crippen LogP) is 4.76. The highest BCUT2D eigenvalue weighted by Gasteiger charge is 2.53. The number of fused-ring (bicyclic) bond motifs is 1. The van der Waals surface area contributed by atoms with Crippen LogP contribution in [0.15, 0.2) is 48.7 Å². The van der Waals surface area contributed by atoms with Crippen LogP contribution in [0.4, 0.5) is 14.5 Å². The lowest BCUT2D eigenvalue weighted by Gasteiger charge is -2.32. The molecule has 1 atom stereocenters. The molecule has 2 N–H and O–H groups in total. The number of halogens is 3. The molecule has 1 fully saturated rings. The zero-order valence-electron chi connectivity index (χ0n) is 21.0. The quantitative estimate of drug-likeness (QED) is 0.476. The molecule has 39 heavy (non-hydrogen) atoms. The van der Waals surface area contributed by atoms with Gasteiger partial charge in [0.15, 0.2) is 17.2 Å². The van der Waals surface area contributed by atoms with Gasteiger partial charge in [0.1, 0.15) is 0 Å². The SMILES string of the molecule is Cc1ncc(Cl)cc1C(=O)N[C@H]1CC[C@H](CN2C(=O)C(O)(c3cc(C#N)cc(F)c3F)c3ccccc32)CC1. The van der Waals surface area contributed by atoms with Crippen molar-refractivity contribution in [3.8, 4) is 6.07 Å². The minimum absolute atomic E-state index is 0.0547. The maximum absolute atomic E-state index is 14.9. The smallest absolute Gasteiger partial charge is 0.268 e. The largest absolute Gasteiger partial charge is 0.372 e. The molecule has 0 radical (unpaired) electrons. The van der Waals surface area contributed by atoms with Crippen molar-refractivity contribution in [3.63, 3.8) is 0 Å². The molecule has 1 saturated carbocycles. The molecule has 1 aliphatic heterocycles. The number of carbonyl (C=O) groups excluding carboxylic acids is 2. The number of hydrogen-bond donors (Lipinski definition) is 2. The number of amides is 2. The molecular weight excluding hydrogens is 526 g/mol. The number of carbonyl (C=O) groups is 2. The Hall–Kier alpha value is -3.87. The van der Waals surface area contributed by atoms with E-state index in [9.17, 15) is 28.7 Å². The summed E-state index contributed by atoms with van der Waals surface area (Å²) < 4.78 is 29.2. The first-order chi connectivity index (χ1) is 18.6. The van der Waals surface area contributed by atoms with Gasteiger partial charge in [-0.15, -0.1) is 0 Å². The van der Waals surface area contributed by atoms with E-state index in [4.69, 9.17) is 11.6 Å². The van der Waals surface area contributed by atoms with E-state index < -0.39 is 28.7 Å². The number of aromatic nitrogens is 1. The average Bonchev–Trinajstić information content (AvgIpc) is 3.15. The van der Waals surface area contributed by atoms with Crippen molar-refractivity contribution in [2.75, 3.05) is 11.4 Å². The number of rotatable bonds is 5. The van der Waals surface area contributed by atoms with Crippen LogP contribution in [0, 0.1) is 35.8 Å². The lowest BCUT2D eigenvalue weighted by atomic mass is 9.85. The van der Waals surface area contributed by atoms with E-state index in [2.05, 4.69) is 10.3 Å². The lowest BCUT2D eigenvalue weighted by molar-refractivity contribution is -0.132. The third kappa shape index (κ3) is 4.75. The molecule has 0 saturated heterocycles. The number of para-hydroxylation sites is 1. The summed E-state index contributed by atoms with van der Waals surface area (Å²) in [5.74, 6) is -3.67. The van der Waals surface area contributed by atoms with E-state index >= 15 is 0 Å². The molecule has 0 spiro atoms. The van der Waals surface area contributed by atoms with Gasteiger partial charge < -0.3 is 15.3 Å². The predicted molar refractivity (Wildman–Crippen MR) is 140 cm³/mol. The van der Waals surface area contributed by atoms with Crippen LogP contribution < -0.4 is 10.2 Å². The van der Waals surface area contributed by atoms with Crippen LogP contribution >= 0.6 is 11.6 Å². The summed E-state index contributed by atoms with van der Waals surface area (Å²) in [6.45, 7) is 2.00. The summed E-state index contributed by atoms with van der Waals surface area (Å²) in [6, 6.07) is 11.5. The van der Waals surface area contributed by atoms with Crippen LogP contribution in [0.5, 0.6) is 0 Å². The normalized spacial score (nSPS) is 22.4. The van der Waals surface area contributed by atoms with Gasteiger partial charge >= 0.3 is 0 Å². The number of nitrogens with zero attached hydrogens (tertiary/aromatic N) is 3. The topological polar surface area (TPSA) is 106 Å². The van der Waals surface area contributed by atoms with Crippen molar-refractivity contribution < 1.29 is 23.5 Å². The first-order valence-electron chi connectivity index (χ1n) is 12.6. The van der Waals surface area contributed by atoms with Gasteiger partial charge in [-0.1, -0.05) is 29.8 Å². The fraction of sp³-hybridized carbons (Fsp3) is 0.310. The Morgan fingerprint density at radius 1 is 1.21 bits per heavy atom. The zero-order chi connectivity index (χ0) is 27.9. The second-order valence-corrected chi connectivity index (χ2v) is 10.5. The fourth-order valence-corrected chi connectivity index (χ4v) is 5.70. The molecule has 0 bridgehead atoms. The maximum Gasteiger partial charge on any atom is 0.268 e. The van der Waals surface area contributed by atoms with Crippen LogP contribution in [-0.4, -0.2) is 34.5 Å². The Morgan fingerprint density at radius 2 is 1.92 bits per heavy atom. The van der Waals surface area contributed by atoms with Crippen LogP contribution in [0.1, 0.15) is 58.4 Å². The van der Waals surface area contributed by atoms with Gasteiger partial charge in [-0.25, -0.2) is 8.78 Å². The molecule has 1 unspecified atom stereocenters. The molecule has 2 aromatic carbocycles. The minimum atomic E-state index is -2.47. The third-order valence-electron chi connectivity index (χ3n) is 7.61. The summed E-state index contributed by atoms with van der Waals surface area (Å²) in [5, 5.41) is 24.3. The number of aryl methyl sites for hydroxylation is 1. The molecule has 2 amide bonds. The van der Waals surface area contributed by atoms with Gasteiger partial charge in [-0.3, -0.25) is 14.6 Å². The zero-order valence-corrected chi connectivity index (χ0v) is 21.8. The van der Waals surface area contributed by atoms with Crippen molar-refractivity contribution in [3.05, 3.63) is 93.3 Å². The van der Waals surface area contributed by atoms with Gasteiger partial charge in [-0.2, -0.15) is 5.26 Å². The summed E-state index contributed by atoms with van der Waals surface area (Å²) >= 11 is 6.00. The van der Waals surface area contributed by atoms with Crippen molar-refractivity contribution >= 4 is 29.1 Å². The highest BCUT2D eigenvalue weighted by Crippen LogP contribution is 2.46. The van der Waals surface area contributed by atoms with E-state index in [0.29, 0.717) is 47.7 Å². The van der Waals surface area contributed by atoms with Crippen LogP contribution in [0.2, 0.25) is 5.02 Å². The number of aliphatic hydroxyl groups is 1. The van der Waals surface area contributed by atoms with Gasteiger partial charge in [0, 0.05) is 29.9 Å². The average molecular weight is 551 g/mol. The standard InChI is InChI=1S/C29H25ClF2N4O3/c1-16-21(12-19(30)14-34-16)27(37)35-20-8-6-17(7-9-20)15-36-25-5-3-2-4-22(25)29(39,28(36)38)23-10-18(13-33)11-24(31)26(23)32/h2-5,10-12,14,17,20,39H,6-9,15H2,1H3,(H,35,37)/t17-,20-,29?. The van der Waals surface area contributed by atoms with Crippen molar-refractivity contribution in [2.45, 2.75) is 44.2 Å². The number of anilines is 1. The van der Waals surface area contributed by atoms with Crippen LogP contribution in [-0.2, 0) is 10.4 Å². The maximum atomic E-state index is 14.9. The molecule has 1 aliphatic carbocycles. The van der Waals surface area contributed by atoms with E-state index in [-0.39, 0.29) is 35.5 Å². The molecule has 200 valence electrons. The summed E-state index contributed by atoms with van der Waals surface area (Å²) in [7, 11) is 0. The number of benzene rings is 2. The molecular formula is C29H25ClF2N4O3. The molecule has 10 heteroatoms. The summed E-state index contributed by atoms with van der Waals surface area (Å²) in [6.07, 6.45) is 4.26. The van der Waals surface area contributed by atoms with Crippen LogP contribution in [0.25, 0.3) is 0 Å². The Kier molecular flexibility index (Phi) is 7.10. The monoisotopic (exact) mass is 550 g/mol. The molecule has 3 aromatic rings. The van der Waals surface area contributed by atoms with Crippen molar-refractivity contribution in [1.82, 2.24) is 10.3 Å². The molecule has 5 rings (SSSR count). The summed E-state index contributed by atoms with van der Waals surface area (Å²) in [5.41, 5.74) is -1.71. The second-order valence-electron chi connectivity index (χ2n) is 10.1. The van der Waals surface area contributed by atoms with E-state index in [1.807, 2.05) is 0 Å².